The Hall–Kier alpha value is -0.920. The van der Waals surface area contributed by atoms with Gasteiger partial charge in [0.1, 0.15) is 4.90 Å². The summed E-state index contributed by atoms with van der Waals surface area (Å²) in [5.41, 5.74) is 1.11. The van der Waals surface area contributed by atoms with Crippen molar-refractivity contribution in [3.8, 4) is 0 Å². The van der Waals surface area contributed by atoms with E-state index in [-0.39, 0.29) is 12.6 Å². The molecule has 1 aliphatic heterocycles. The number of aliphatic hydroxyl groups is 1. The molecular formula is C13H23N3O3S. The van der Waals surface area contributed by atoms with Crippen LogP contribution in [-0.4, -0.2) is 46.8 Å². The zero-order valence-corrected chi connectivity index (χ0v) is 13.2. The molecule has 0 spiro atoms. The molecule has 6 nitrogen and oxygen atoms in total. The van der Waals surface area contributed by atoms with Crippen LogP contribution in [0.5, 0.6) is 0 Å². The average Bonchev–Trinajstić information content (AvgIpc) is 2.65. The first kappa shape index (κ1) is 15.5. The molecule has 20 heavy (non-hydrogen) atoms. The number of aryl methyl sites for hydroxylation is 1. The Balaban J connectivity index is 2.43. The minimum atomic E-state index is -3.50. The van der Waals surface area contributed by atoms with Crippen molar-refractivity contribution < 1.29 is 13.5 Å². The second-order valence-electron chi connectivity index (χ2n) is 5.41. The summed E-state index contributed by atoms with van der Waals surface area (Å²) in [5.74, 6) is 0. The fourth-order valence-corrected chi connectivity index (χ4v) is 4.99. The predicted octanol–water partition coefficient (Wildman–Crippen LogP) is 1.06. The van der Waals surface area contributed by atoms with E-state index >= 15 is 0 Å². The first-order valence-electron chi connectivity index (χ1n) is 7.06. The average molecular weight is 301 g/mol. The van der Waals surface area contributed by atoms with Crippen LogP contribution in [0, 0.1) is 13.8 Å². The molecule has 114 valence electrons. The van der Waals surface area contributed by atoms with Gasteiger partial charge in [0.25, 0.3) is 0 Å². The van der Waals surface area contributed by atoms with Crippen molar-refractivity contribution in [3.05, 3.63) is 11.4 Å². The van der Waals surface area contributed by atoms with Crippen molar-refractivity contribution >= 4 is 10.0 Å². The number of aromatic nitrogens is 2. The fraction of sp³-hybridized carbons (Fsp3) is 0.769. The largest absolute Gasteiger partial charge is 0.394 e. The van der Waals surface area contributed by atoms with Gasteiger partial charge in [0, 0.05) is 12.6 Å². The number of hydrogen-bond donors (Lipinski definition) is 1. The van der Waals surface area contributed by atoms with E-state index in [9.17, 15) is 8.42 Å². The SMILES string of the molecule is Cc1nn(CCO)c(C)c1S(=O)(=O)N1CCCCC1C. The van der Waals surface area contributed by atoms with Crippen LogP contribution in [0.15, 0.2) is 4.90 Å². The number of sulfonamides is 1. The molecule has 0 saturated carbocycles. The van der Waals surface area contributed by atoms with Gasteiger partial charge in [-0.2, -0.15) is 9.40 Å². The van der Waals surface area contributed by atoms with Crippen LogP contribution >= 0.6 is 0 Å². The summed E-state index contributed by atoms with van der Waals surface area (Å²) in [6.07, 6.45) is 2.89. The lowest BCUT2D eigenvalue weighted by Gasteiger charge is -2.32. The highest BCUT2D eigenvalue weighted by Gasteiger charge is 2.35. The number of aliphatic hydroxyl groups excluding tert-OH is 1. The molecular weight excluding hydrogens is 278 g/mol. The van der Waals surface area contributed by atoms with E-state index in [1.54, 1.807) is 22.8 Å². The highest BCUT2D eigenvalue weighted by Crippen LogP contribution is 2.28. The number of rotatable bonds is 4. The normalized spacial score (nSPS) is 21.3. The lowest BCUT2D eigenvalue weighted by molar-refractivity contribution is 0.266. The van der Waals surface area contributed by atoms with E-state index in [1.807, 2.05) is 6.92 Å². The van der Waals surface area contributed by atoms with Crippen molar-refractivity contribution in [2.75, 3.05) is 13.2 Å². The zero-order valence-electron chi connectivity index (χ0n) is 12.3. The van der Waals surface area contributed by atoms with Gasteiger partial charge < -0.3 is 5.11 Å². The summed E-state index contributed by atoms with van der Waals surface area (Å²) in [6, 6.07) is 0.0359. The first-order chi connectivity index (χ1) is 9.39. The Labute approximate surface area is 120 Å². The van der Waals surface area contributed by atoms with E-state index in [4.69, 9.17) is 5.11 Å². The molecule has 0 aliphatic carbocycles. The molecule has 1 aromatic heterocycles. The molecule has 1 aliphatic rings. The molecule has 2 heterocycles. The van der Waals surface area contributed by atoms with Crippen LogP contribution in [-0.2, 0) is 16.6 Å². The molecule has 1 saturated heterocycles. The Bertz CT molecular complexity index is 580. The van der Waals surface area contributed by atoms with E-state index in [0.29, 0.717) is 29.4 Å². The highest BCUT2D eigenvalue weighted by atomic mass is 32.2. The third kappa shape index (κ3) is 2.62. The van der Waals surface area contributed by atoms with Gasteiger partial charge >= 0.3 is 0 Å². The molecule has 1 N–H and O–H groups in total. The van der Waals surface area contributed by atoms with Crippen LogP contribution in [0.25, 0.3) is 0 Å². The summed E-state index contributed by atoms with van der Waals surface area (Å²) < 4.78 is 28.9. The van der Waals surface area contributed by atoms with Crippen molar-refractivity contribution in [2.24, 2.45) is 0 Å². The molecule has 7 heteroatoms. The summed E-state index contributed by atoms with van der Waals surface area (Å²) in [5, 5.41) is 13.3. The second-order valence-corrected chi connectivity index (χ2v) is 7.23. The van der Waals surface area contributed by atoms with Crippen LogP contribution in [0.4, 0.5) is 0 Å². The predicted molar refractivity (Wildman–Crippen MR) is 76.0 cm³/mol. The molecule has 1 aromatic rings. The van der Waals surface area contributed by atoms with E-state index < -0.39 is 10.0 Å². The van der Waals surface area contributed by atoms with Crippen molar-refractivity contribution in [3.63, 3.8) is 0 Å². The number of nitrogens with zero attached hydrogens (tertiary/aromatic N) is 3. The van der Waals surface area contributed by atoms with Gasteiger partial charge in [0.15, 0.2) is 0 Å². The van der Waals surface area contributed by atoms with Gasteiger partial charge in [-0.3, -0.25) is 4.68 Å². The summed E-state index contributed by atoms with van der Waals surface area (Å²) in [6.45, 7) is 6.26. The van der Waals surface area contributed by atoms with Gasteiger partial charge in [-0.1, -0.05) is 6.42 Å². The number of hydrogen-bond acceptors (Lipinski definition) is 4. The lowest BCUT2D eigenvalue weighted by atomic mass is 10.1. The summed E-state index contributed by atoms with van der Waals surface area (Å²) in [7, 11) is -3.50. The summed E-state index contributed by atoms with van der Waals surface area (Å²) >= 11 is 0. The lowest BCUT2D eigenvalue weighted by Crippen LogP contribution is -2.42. The molecule has 2 rings (SSSR count). The van der Waals surface area contributed by atoms with E-state index in [0.717, 1.165) is 19.3 Å². The molecule has 1 fully saturated rings. The third-order valence-corrected chi connectivity index (χ3v) is 6.20. The standard InChI is InChI=1S/C13H23N3O3S/c1-10-6-4-5-7-16(10)20(18,19)13-11(2)14-15(8-9-17)12(13)3/h10,17H,4-9H2,1-3H3. The van der Waals surface area contributed by atoms with Crippen LogP contribution in [0.1, 0.15) is 37.6 Å². The maximum absolute atomic E-state index is 12.9. The molecule has 0 amide bonds. The van der Waals surface area contributed by atoms with E-state index in [2.05, 4.69) is 5.10 Å². The van der Waals surface area contributed by atoms with Crippen molar-refractivity contribution in [1.29, 1.82) is 0 Å². The molecule has 0 aromatic carbocycles. The number of piperidine rings is 1. The van der Waals surface area contributed by atoms with Gasteiger partial charge in [-0.05, 0) is 33.6 Å². The monoisotopic (exact) mass is 301 g/mol. The van der Waals surface area contributed by atoms with Gasteiger partial charge in [-0.25, -0.2) is 8.42 Å². The smallest absolute Gasteiger partial charge is 0.246 e. The Morgan fingerprint density at radius 3 is 2.65 bits per heavy atom. The van der Waals surface area contributed by atoms with Crippen molar-refractivity contribution in [2.45, 2.75) is 57.5 Å². The zero-order chi connectivity index (χ0) is 14.9. The van der Waals surface area contributed by atoms with Gasteiger partial charge in [0.2, 0.25) is 10.0 Å². The Morgan fingerprint density at radius 2 is 2.05 bits per heavy atom. The molecule has 0 bridgehead atoms. The topological polar surface area (TPSA) is 75.4 Å². The third-order valence-electron chi connectivity index (χ3n) is 3.94. The van der Waals surface area contributed by atoms with Gasteiger partial charge in [0.05, 0.1) is 24.5 Å². The highest BCUT2D eigenvalue weighted by molar-refractivity contribution is 7.89. The van der Waals surface area contributed by atoms with Crippen molar-refractivity contribution in [1.82, 2.24) is 14.1 Å². The maximum Gasteiger partial charge on any atom is 0.246 e. The Morgan fingerprint density at radius 1 is 1.35 bits per heavy atom. The van der Waals surface area contributed by atoms with Crippen LogP contribution in [0.3, 0.4) is 0 Å². The molecule has 0 radical (unpaired) electrons. The first-order valence-corrected chi connectivity index (χ1v) is 8.50. The quantitative estimate of drug-likeness (QED) is 0.902. The summed E-state index contributed by atoms with van der Waals surface area (Å²) in [4.78, 5) is 0.305. The van der Waals surface area contributed by atoms with Crippen LogP contribution < -0.4 is 0 Å². The minimum absolute atomic E-state index is 0.0359. The fourth-order valence-electron chi connectivity index (χ4n) is 2.91. The Kier molecular flexibility index (Phi) is 4.51. The maximum atomic E-state index is 12.9. The molecule has 1 atom stereocenters. The van der Waals surface area contributed by atoms with Gasteiger partial charge in [-0.15, -0.1) is 0 Å². The second kappa shape index (κ2) is 5.83. The van der Waals surface area contributed by atoms with E-state index in [1.165, 1.54) is 0 Å². The minimum Gasteiger partial charge on any atom is -0.394 e. The van der Waals surface area contributed by atoms with Crippen LogP contribution in [0.2, 0.25) is 0 Å². The molecule has 1 unspecified atom stereocenters.